The topological polar surface area (TPSA) is 49.0 Å². The predicted molar refractivity (Wildman–Crippen MR) is 78.3 cm³/mol. The van der Waals surface area contributed by atoms with E-state index in [0.717, 1.165) is 25.2 Å². The van der Waals surface area contributed by atoms with Crippen molar-refractivity contribution in [3.8, 4) is 0 Å². The molecule has 0 spiro atoms. The third-order valence-electron chi connectivity index (χ3n) is 3.49. The average Bonchev–Trinajstić information content (AvgIpc) is 2.92. The Kier molecular flexibility index (Phi) is 3.38. The number of rotatable bonds is 2. The van der Waals surface area contributed by atoms with Crippen molar-refractivity contribution in [2.45, 2.75) is 18.9 Å². The van der Waals surface area contributed by atoms with Crippen molar-refractivity contribution < 1.29 is 0 Å². The second-order valence-corrected chi connectivity index (χ2v) is 5.42. The van der Waals surface area contributed by atoms with Gasteiger partial charge in [-0.3, -0.25) is 4.79 Å². The van der Waals surface area contributed by atoms with Gasteiger partial charge in [-0.05, 0) is 34.3 Å². The molecule has 98 valence electrons. The number of halogens is 1. The van der Waals surface area contributed by atoms with Crippen LogP contribution in [0.2, 0.25) is 0 Å². The highest BCUT2D eigenvalue weighted by molar-refractivity contribution is 9.10. The van der Waals surface area contributed by atoms with Crippen LogP contribution in [-0.4, -0.2) is 16.5 Å². The first-order valence-corrected chi connectivity index (χ1v) is 7.11. The molecule has 0 radical (unpaired) electrons. The molecule has 2 heterocycles. The van der Waals surface area contributed by atoms with E-state index >= 15 is 0 Å². The zero-order valence-electron chi connectivity index (χ0n) is 10.3. The standard InChI is InChI=1S/C14H14BrN3O/c15-12-13(16-9-17-14(12)19)18-8-4-7-11(18)10-5-2-1-3-6-10/h1-3,5-6,9,11H,4,7-8H2,(H,16,17,19). The van der Waals surface area contributed by atoms with Crippen LogP contribution >= 0.6 is 15.9 Å². The molecule has 1 aromatic heterocycles. The van der Waals surface area contributed by atoms with Crippen LogP contribution in [0.5, 0.6) is 0 Å². The van der Waals surface area contributed by atoms with Crippen LogP contribution in [0.15, 0.2) is 45.9 Å². The van der Waals surface area contributed by atoms with Crippen molar-refractivity contribution in [1.82, 2.24) is 9.97 Å². The van der Waals surface area contributed by atoms with Crippen molar-refractivity contribution in [1.29, 1.82) is 0 Å². The third-order valence-corrected chi connectivity index (χ3v) is 4.20. The zero-order chi connectivity index (χ0) is 13.2. The SMILES string of the molecule is O=c1[nH]cnc(N2CCCC2c2ccccc2)c1Br. The van der Waals surface area contributed by atoms with Crippen molar-refractivity contribution in [2.75, 3.05) is 11.4 Å². The quantitative estimate of drug-likeness (QED) is 0.926. The summed E-state index contributed by atoms with van der Waals surface area (Å²) in [7, 11) is 0. The minimum absolute atomic E-state index is 0.135. The highest BCUT2D eigenvalue weighted by Gasteiger charge is 2.28. The van der Waals surface area contributed by atoms with E-state index in [4.69, 9.17) is 0 Å². The summed E-state index contributed by atoms with van der Waals surface area (Å²) >= 11 is 3.34. The lowest BCUT2D eigenvalue weighted by Crippen LogP contribution is -2.26. The van der Waals surface area contributed by atoms with E-state index in [-0.39, 0.29) is 5.56 Å². The number of aromatic amines is 1. The molecule has 1 unspecified atom stereocenters. The Bertz CT molecular complexity index is 626. The first kappa shape index (κ1) is 12.4. The fourth-order valence-corrected chi connectivity index (χ4v) is 3.06. The van der Waals surface area contributed by atoms with Crippen LogP contribution in [0.3, 0.4) is 0 Å². The monoisotopic (exact) mass is 319 g/mol. The third kappa shape index (κ3) is 2.30. The molecule has 0 saturated carbocycles. The molecule has 0 bridgehead atoms. The Morgan fingerprint density at radius 3 is 2.89 bits per heavy atom. The van der Waals surface area contributed by atoms with Crippen molar-refractivity contribution >= 4 is 21.7 Å². The normalized spacial score (nSPS) is 18.8. The first-order valence-electron chi connectivity index (χ1n) is 6.32. The molecule has 3 rings (SSSR count). The van der Waals surface area contributed by atoms with Crippen molar-refractivity contribution in [3.63, 3.8) is 0 Å². The summed E-state index contributed by atoms with van der Waals surface area (Å²) < 4.78 is 0.512. The second-order valence-electron chi connectivity index (χ2n) is 4.63. The number of hydrogen-bond donors (Lipinski definition) is 1. The van der Waals surface area contributed by atoms with Gasteiger partial charge in [0.15, 0.2) is 5.82 Å². The molecule has 1 aromatic carbocycles. The number of hydrogen-bond acceptors (Lipinski definition) is 3. The molecule has 1 saturated heterocycles. The largest absolute Gasteiger partial charge is 0.348 e. The minimum Gasteiger partial charge on any atom is -0.348 e. The van der Waals surface area contributed by atoms with Crippen molar-refractivity contribution in [3.05, 3.63) is 57.0 Å². The fraction of sp³-hybridized carbons (Fsp3) is 0.286. The summed E-state index contributed by atoms with van der Waals surface area (Å²) in [6.45, 7) is 0.925. The Labute approximate surface area is 119 Å². The molecule has 5 heteroatoms. The van der Waals surface area contributed by atoms with E-state index in [1.807, 2.05) is 18.2 Å². The maximum absolute atomic E-state index is 11.7. The van der Waals surface area contributed by atoms with E-state index in [1.54, 1.807) is 0 Å². The summed E-state index contributed by atoms with van der Waals surface area (Å²) in [6, 6.07) is 10.7. The number of H-pyrrole nitrogens is 1. The summed E-state index contributed by atoms with van der Waals surface area (Å²) in [6.07, 6.45) is 3.66. The molecule has 1 fully saturated rings. The van der Waals surface area contributed by atoms with E-state index in [1.165, 1.54) is 11.9 Å². The fourth-order valence-electron chi connectivity index (χ4n) is 2.62. The first-order chi connectivity index (χ1) is 9.27. The van der Waals surface area contributed by atoms with Crippen LogP contribution < -0.4 is 10.5 Å². The Hall–Kier alpha value is -1.62. The molecule has 19 heavy (non-hydrogen) atoms. The van der Waals surface area contributed by atoms with Crippen LogP contribution in [0.1, 0.15) is 24.4 Å². The lowest BCUT2D eigenvalue weighted by molar-refractivity contribution is 0.708. The predicted octanol–water partition coefficient (Wildman–Crippen LogP) is 2.87. The molecule has 1 aliphatic heterocycles. The Morgan fingerprint density at radius 1 is 1.32 bits per heavy atom. The number of anilines is 1. The molecule has 0 aliphatic carbocycles. The van der Waals surface area contributed by atoms with Gasteiger partial charge in [-0.2, -0.15) is 0 Å². The molecular weight excluding hydrogens is 306 g/mol. The van der Waals surface area contributed by atoms with Gasteiger partial charge in [-0.15, -0.1) is 0 Å². The van der Waals surface area contributed by atoms with Gasteiger partial charge in [0, 0.05) is 6.54 Å². The summed E-state index contributed by atoms with van der Waals surface area (Å²) in [4.78, 5) is 20.8. The van der Waals surface area contributed by atoms with Gasteiger partial charge in [-0.25, -0.2) is 4.98 Å². The lowest BCUT2D eigenvalue weighted by atomic mass is 10.0. The number of aromatic nitrogens is 2. The van der Waals surface area contributed by atoms with Gasteiger partial charge in [0.05, 0.1) is 12.4 Å². The van der Waals surface area contributed by atoms with Crippen LogP contribution in [0.25, 0.3) is 0 Å². The Balaban J connectivity index is 2.00. The summed E-state index contributed by atoms with van der Waals surface area (Å²) in [5.74, 6) is 0.732. The molecular formula is C14H14BrN3O. The summed E-state index contributed by atoms with van der Waals surface area (Å²) in [5, 5.41) is 0. The van der Waals surface area contributed by atoms with Crippen LogP contribution in [0, 0.1) is 0 Å². The average molecular weight is 320 g/mol. The highest BCUT2D eigenvalue weighted by atomic mass is 79.9. The second kappa shape index (κ2) is 5.17. The number of nitrogens with one attached hydrogen (secondary N) is 1. The van der Waals surface area contributed by atoms with Crippen LogP contribution in [-0.2, 0) is 0 Å². The maximum atomic E-state index is 11.7. The van der Waals surface area contributed by atoms with E-state index in [0.29, 0.717) is 10.5 Å². The molecule has 1 N–H and O–H groups in total. The molecule has 0 amide bonds. The lowest BCUT2D eigenvalue weighted by Gasteiger charge is -2.26. The van der Waals surface area contributed by atoms with Gasteiger partial charge in [0.1, 0.15) is 4.47 Å². The van der Waals surface area contributed by atoms with E-state index < -0.39 is 0 Å². The highest BCUT2D eigenvalue weighted by Crippen LogP contribution is 2.36. The van der Waals surface area contributed by atoms with Gasteiger partial charge >= 0.3 is 0 Å². The smallest absolute Gasteiger partial charge is 0.267 e. The minimum atomic E-state index is -0.135. The van der Waals surface area contributed by atoms with Crippen LogP contribution in [0.4, 0.5) is 5.82 Å². The molecule has 1 aliphatic rings. The maximum Gasteiger partial charge on any atom is 0.267 e. The van der Waals surface area contributed by atoms with Gasteiger partial charge in [-0.1, -0.05) is 30.3 Å². The summed E-state index contributed by atoms with van der Waals surface area (Å²) in [5.41, 5.74) is 1.14. The van der Waals surface area contributed by atoms with Gasteiger partial charge in [0.2, 0.25) is 0 Å². The van der Waals surface area contributed by atoms with E-state index in [9.17, 15) is 4.79 Å². The van der Waals surface area contributed by atoms with Gasteiger partial charge < -0.3 is 9.88 Å². The van der Waals surface area contributed by atoms with Crippen molar-refractivity contribution in [2.24, 2.45) is 0 Å². The number of benzene rings is 1. The van der Waals surface area contributed by atoms with Gasteiger partial charge in [0.25, 0.3) is 5.56 Å². The molecule has 4 nitrogen and oxygen atoms in total. The number of nitrogens with zero attached hydrogens (tertiary/aromatic N) is 2. The molecule has 2 aromatic rings. The molecule has 1 atom stereocenters. The Morgan fingerprint density at radius 2 is 2.11 bits per heavy atom. The zero-order valence-corrected chi connectivity index (χ0v) is 11.9. The van der Waals surface area contributed by atoms with E-state index in [2.05, 4.69) is 42.9 Å².